The van der Waals surface area contributed by atoms with Gasteiger partial charge >= 0.3 is 0 Å². The molecule has 3 N–H and O–H groups in total. The molecule has 1 rings (SSSR count). The predicted octanol–water partition coefficient (Wildman–Crippen LogP) is 1.97. The molecule has 84 valence electrons. The Balaban J connectivity index is 2.47. The van der Waals surface area contributed by atoms with Crippen LogP contribution in [0.15, 0.2) is 43.0 Å². The Morgan fingerprint density at radius 2 is 2.31 bits per heavy atom. The van der Waals surface area contributed by atoms with Crippen molar-refractivity contribution in [3.05, 3.63) is 48.6 Å². The Bertz CT molecular complexity index is 397. The third-order valence-electron chi connectivity index (χ3n) is 1.99. The van der Waals surface area contributed by atoms with E-state index in [2.05, 4.69) is 11.9 Å². The summed E-state index contributed by atoms with van der Waals surface area (Å²) in [6, 6.07) is 7.36. The molecule has 0 heterocycles. The summed E-state index contributed by atoms with van der Waals surface area (Å²) >= 11 is 0. The van der Waals surface area contributed by atoms with Gasteiger partial charge in [0, 0.05) is 18.3 Å². The van der Waals surface area contributed by atoms with Crippen LogP contribution >= 0.6 is 0 Å². The van der Waals surface area contributed by atoms with Crippen LogP contribution in [0.1, 0.15) is 12.0 Å². The Morgan fingerprint density at radius 1 is 1.50 bits per heavy atom. The summed E-state index contributed by atoms with van der Waals surface area (Å²) in [7, 11) is 0. The fraction of sp³-hybridized carbons (Fsp3) is 0.154. The lowest BCUT2D eigenvalue weighted by molar-refractivity contribution is -0.116. The third-order valence-corrected chi connectivity index (χ3v) is 1.99. The van der Waals surface area contributed by atoms with Crippen LogP contribution in [0.5, 0.6) is 0 Å². The van der Waals surface area contributed by atoms with Crippen molar-refractivity contribution in [3.8, 4) is 0 Å². The number of benzene rings is 1. The van der Waals surface area contributed by atoms with Crippen molar-refractivity contribution < 1.29 is 4.79 Å². The van der Waals surface area contributed by atoms with Gasteiger partial charge in [0.1, 0.15) is 0 Å². The highest BCUT2D eigenvalue weighted by molar-refractivity contribution is 5.91. The van der Waals surface area contributed by atoms with E-state index in [1.54, 1.807) is 12.2 Å². The predicted molar refractivity (Wildman–Crippen MR) is 67.7 cm³/mol. The molecule has 0 aliphatic rings. The first-order valence-corrected chi connectivity index (χ1v) is 5.14. The van der Waals surface area contributed by atoms with Gasteiger partial charge in [0.15, 0.2) is 0 Å². The van der Waals surface area contributed by atoms with Crippen molar-refractivity contribution >= 4 is 17.7 Å². The average molecular weight is 216 g/mol. The van der Waals surface area contributed by atoms with Crippen LogP contribution in [0.3, 0.4) is 0 Å². The van der Waals surface area contributed by atoms with Gasteiger partial charge in [-0.15, -0.1) is 6.58 Å². The first-order chi connectivity index (χ1) is 7.72. The molecule has 0 fully saturated rings. The van der Waals surface area contributed by atoms with Gasteiger partial charge in [-0.25, -0.2) is 0 Å². The first kappa shape index (κ1) is 12.0. The number of nitrogen functional groups attached to an aromatic ring is 1. The number of hydrogen-bond acceptors (Lipinski definition) is 2. The number of amides is 1. The molecule has 0 radical (unpaired) electrons. The number of nitrogens with two attached hydrogens (primary N) is 1. The van der Waals surface area contributed by atoms with Gasteiger partial charge in [0.25, 0.3) is 0 Å². The van der Waals surface area contributed by atoms with Crippen molar-refractivity contribution in [2.75, 3.05) is 12.3 Å². The molecule has 0 aromatic heterocycles. The van der Waals surface area contributed by atoms with Crippen molar-refractivity contribution in [1.82, 2.24) is 5.32 Å². The van der Waals surface area contributed by atoms with Crippen molar-refractivity contribution in [2.24, 2.45) is 0 Å². The Kier molecular flexibility index (Phi) is 4.86. The molecule has 1 aromatic carbocycles. The maximum Gasteiger partial charge on any atom is 0.244 e. The van der Waals surface area contributed by atoms with E-state index >= 15 is 0 Å². The lowest BCUT2D eigenvalue weighted by atomic mass is 10.2. The van der Waals surface area contributed by atoms with Crippen LogP contribution in [0.2, 0.25) is 0 Å². The molecule has 0 spiro atoms. The zero-order chi connectivity index (χ0) is 11.8. The summed E-state index contributed by atoms with van der Waals surface area (Å²) in [5.74, 6) is -0.107. The topological polar surface area (TPSA) is 55.1 Å². The number of rotatable bonds is 5. The second-order valence-electron chi connectivity index (χ2n) is 3.37. The monoisotopic (exact) mass is 216 g/mol. The molecule has 0 bridgehead atoms. The molecule has 0 saturated heterocycles. The second kappa shape index (κ2) is 6.45. The summed E-state index contributed by atoms with van der Waals surface area (Å²) in [4.78, 5) is 11.3. The lowest BCUT2D eigenvalue weighted by Gasteiger charge is -1.98. The molecule has 16 heavy (non-hydrogen) atoms. The summed E-state index contributed by atoms with van der Waals surface area (Å²) < 4.78 is 0. The quantitative estimate of drug-likeness (QED) is 0.342. The molecule has 0 unspecified atom stereocenters. The van der Waals surface area contributed by atoms with Crippen LogP contribution in [0.25, 0.3) is 6.08 Å². The van der Waals surface area contributed by atoms with Gasteiger partial charge in [-0.3, -0.25) is 4.79 Å². The van der Waals surface area contributed by atoms with Gasteiger partial charge in [-0.1, -0.05) is 18.2 Å². The summed E-state index contributed by atoms with van der Waals surface area (Å²) in [5, 5.41) is 2.74. The largest absolute Gasteiger partial charge is 0.399 e. The van der Waals surface area contributed by atoms with Crippen LogP contribution in [0.4, 0.5) is 5.69 Å². The van der Waals surface area contributed by atoms with Crippen molar-refractivity contribution in [3.63, 3.8) is 0 Å². The minimum atomic E-state index is -0.107. The fourth-order valence-corrected chi connectivity index (χ4v) is 1.19. The number of hydrogen-bond donors (Lipinski definition) is 2. The van der Waals surface area contributed by atoms with Crippen LogP contribution in [-0.4, -0.2) is 12.5 Å². The van der Waals surface area contributed by atoms with E-state index in [1.807, 2.05) is 24.3 Å². The zero-order valence-corrected chi connectivity index (χ0v) is 9.15. The first-order valence-electron chi connectivity index (χ1n) is 5.14. The molecule has 3 heteroatoms. The molecule has 0 aliphatic heterocycles. The summed E-state index contributed by atoms with van der Waals surface area (Å²) in [6.45, 7) is 4.19. The van der Waals surface area contributed by atoms with Gasteiger partial charge in [0.2, 0.25) is 5.91 Å². The highest BCUT2D eigenvalue weighted by atomic mass is 16.1. The molecular weight excluding hydrogens is 200 g/mol. The van der Waals surface area contributed by atoms with E-state index in [1.165, 1.54) is 6.08 Å². The fourth-order valence-electron chi connectivity index (χ4n) is 1.19. The van der Waals surface area contributed by atoms with Gasteiger partial charge in [-0.2, -0.15) is 0 Å². The second-order valence-corrected chi connectivity index (χ2v) is 3.37. The third kappa shape index (κ3) is 4.46. The molecular formula is C13H16N2O. The average Bonchev–Trinajstić information content (AvgIpc) is 2.27. The van der Waals surface area contributed by atoms with E-state index in [4.69, 9.17) is 5.73 Å². The number of carbonyl (C=O) groups excluding carboxylic acids is 1. The maximum absolute atomic E-state index is 11.3. The van der Waals surface area contributed by atoms with Gasteiger partial charge in [0.05, 0.1) is 0 Å². The number of nitrogens with one attached hydrogen (secondary N) is 1. The lowest BCUT2D eigenvalue weighted by Crippen LogP contribution is -2.21. The summed E-state index contributed by atoms with van der Waals surface area (Å²) in [5.41, 5.74) is 7.22. The Hall–Kier alpha value is -2.03. The number of anilines is 1. The molecule has 3 nitrogen and oxygen atoms in total. The standard InChI is InChI=1S/C13H16N2O/c1-2-3-9-15-13(16)8-7-11-5-4-6-12(14)10-11/h2,4-8,10H,1,3,9,14H2,(H,15,16)/b8-7+. The highest BCUT2D eigenvalue weighted by Gasteiger charge is 1.93. The smallest absolute Gasteiger partial charge is 0.244 e. The van der Waals surface area contributed by atoms with E-state index in [9.17, 15) is 4.79 Å². The van der Waals surface area contributed by atoms with E-state index < -0.39 is 0 Å². The maximum atomic E-state index is 11.3. The van der Waals surface area contributed by atoms with Crippen molar-refractivity contribution in [2.45, 2.75) is 6.42 Å². The Morgan fingerprint density at radius 3 is 3.00 bits per heavy atom. The summed E-state index contributed by atoms with van der Waals surface area (Å²) in [6.07, 6.45) is 5.78. The van der Waals surface area contributed by atoms with E-state index in [0.717, 1.165) is 12.0 Å². The molecule has 0 saturated carbocycles. The van der Waals surface area contributed by atoms with Crippen LogP contribution < -0.4 is 11.1 Å². The van der Waals surface area contributed by atoms with Crippen LogP contribution in [-0.2, 0) is 4.79 Å². The molecule has 1 aromatic rings. The molecule has 0 aliphatic carbocycles. The van der Waals surface area contributed by atoms with Crippen LogP contribution in [0, 0.1) is 0 Å². The minimum Gasteiger partial charge on any atom is -0.399 e. The zero-order valence-electron chi connectivity index (χ0n) is 9.15. The molecule has 1 amide bonds. The van der Waals surface area contributed by atoms with E-state index in [0.29, 0.717) is 12.2 Å². The van der Waals surface area contributed by atoms with E-state index in [-0.39, 0.29) is 5.91 Å². The van der Waals surface area contributed by atoms with Gasteiger partial charge < -0.3 is 11.1 Å². The number of carbonyl (C=O) groups is 1. The van der Waals surface area contributed by atoms with Crippen molar-refractivity contribution in [1.29, 1.82) is 0 Å². The highest BCUT2D eigenvalue weighted by Crippen LogP contribution is 2.07. The molecule has 0 atom stereocenters. The van der Waals surface area contributed by atoms with Gasteiger partial charge in [-0.05, 0) is 30.2 Å². The normalized spacial score (nSPS) is 10.2. The Labute approximate surface area is 95.7 Å². The SMILES string of the molecule is C=CCCNC(=O)/C=C/c1cccc(N)c1. The minimum absolute atomic E-state index is 0.107.